The molecule has 3 aromatic rings. The van der Waals surface area contributed by atoms with E-state index in [2.05, 4.69) is 5.32 Å². The molecule has 0 amide bonds. The fraction of sp³-hybridized carbons (Fsp3) is 0.143. The average Bonchev–Trinajstić information content (AvgIpc) is 2.61. The largest absolute Gasteiger partial charge is 0.489 e. The van der Waals surface area contributed by atoms with Crippen molar-refractivity contribution in [2.75, 3.05) is 5.32 Å². The first-order valence-electron chi connectivity index (χ1n) is 8.06. The van der Waals surface area contributed by atoms with Gasteiger partial charge < -0.3 is 10.1 Å². The van der Waals surface area contributed by atoms with E-state index in [0.717, 1.165) is 28.1 Å². The lowest BCUT2D eigenvalue weighted by Gasteiger charge is -2.12. The van der Waals surface area contributed by atoms with Gasteiger partial charge >= 0.3 is 0 Å². The molecule has 0 saturated carbocycles. The molecule has 0 atom stereocenters. The summed E-state index contributed by atoms with van der Waals surface area (Å²) in [6, 6.07) is 20.1. The van der Waals surface area contributed by atoms with Crippen LogP contribution in [0.5, 0.6) is 5.75 Å². The van der Waals surface area contributed by atoms with E-state index < -0.39 is 0 Å². The number of halogens is 2. The summed E-state index contributed by atoms with van der Waals surface area (Å²) in [6.07, 6.45) is 0. The van der Waals surface area contributed by atoms with Crippen LogP contribution in [0.1, 0.15) is 16.7 Å². The number of nitrogens with one attached hydrogen (secondary N) is 1. The first-order valence-corrected chi connectivity index (χ1v) is 8.44. The van der Waals surface area contributed by atoms with Gasteiger partial charge in [0.25, 0.3) is 0 Å². The van der Waals surface area contributed by atoms with Crippen LogP contribution in [-0.4, -0.2) is 0 Å². The molecule has 0 aromatic heterocycles. The third-order valence-electron chi connectivity index (χ3n) is 3.88. The summed E-state index contributed by atoms with van der Waals surface area (Å²) < 4.78 is 19.0. The molecular weight excluding hydrogens is 337 g/mol. The molecule has 3 aromatic carbocycles. The quantitative estimate of drug-likeness (QED) is 0.587. The van der Waals surface area contributed by atoms with Gasteiger partial charge in [-0.15, -0.1) is 0 Å². The zero-order valence-electron chi connectivity index (χ0n) is 13.9. The molecule has 0 radical (unpaired) electrons. The van der Waals surface area contributed by atoms with Crippen LogP contribution in [0.25, 0.3) is 0 Å². The van der Waals surface area contributed by atoms with E-state index in [4.69, 9.17) is 16.3 Å². The number of benzene rings is 3. The summed E-state index contributed by atoms with van der Waals surface area (Å²) in [7, 11) is 0. The van der Waals surface area contributed by atoms with Gasteiger partial charge in [0.15, 0.2) is 0 Å². The zero-order chi connectivity index (χ0) is 17.6. The minimum Gasteiger partial charge on any atom is -0.489 e. The van der Waals surface area contributed by atoms with E-state index in [0.29, 0.717) is 18.2 Å². The second kappa shape index (κ2) is 8.04. The summed E-state index contributed by atoms with van der Waals surface area (Å²) in [6.45, 7) is 3.04. The highest BCUT2D eigenvalue weighted by atomic mass is 35.5. The predicted octanol–water partition coefficient (Wildman–Crippen LogP) is 5.98. The monoisotopic (exact) mass is 355 g/mol. The van der Waals surface area contributed by atoms with Crippen LogP contribution in [0.4, 0.5) is 10.1 Å². The number of hydrogen-bond donors (Lipinski definition) is 1. The lowest BCUT2D eigenvalue weighted by atomic mass is 10.1. The Morgan fingerprint density at radius 3 is 2.60 bits per heavy atom. The minimum absolute atomic E-state index is 0.254. The Balaban J connectivity index is 1.62. The lowest BCUT2D eigenvalue weighted by Crippen LogP contribution is -2.02. The van der Waals surface area contributed by atoms with Gasteiger partial charge in [-0.1, -0.05) is 41.9 Å². The van der Waals surface area contributed by atoms with Crippen molar-refractivity contribution in [3.8, 4) is 5.75 Å². The average molecular weight is 356 g/mol. The second-order valence-electron chi connectivity index (χ2n) is 5.88. The van der Waals surface area contributed by atoms with Gasteiger partial charge in [0.05, 0.1) is 0 Å². The number of rotatable bonds is 6. The van der Waals surface area contributed by atoms with Crippen LogP contribution in [0.3, 0.4) is 0 Å². The second-order valence-corrected chi connectivity index (χ2v) is 6.32. The summed E-state index contributed by atoms with van der Waals surface area (Å²) in [4.78, 5) is 0. The standard InChI is InChI=1S/C21H19ClFNO/c1-15-8-9-18(22)12-21(15)24-13-16-4-3-7-20(11-16)25-14-17-5-2-6-19(23)10-17/h2-12,24H,13-14H2,1H3. The zero-order valence-corrected chi connectivity index (χ0v) is 14.7. The molecule has 0 unspecified atom stereocenters. The molecular formula is C21H19ClFNO. The Morgan fingerprint density at radius 1 is 0.960 bits per heavy atom. The van der Waals surface area contributed by atoms with Crippen molar-refractivity contribution >= 4 is 17.3 Å². The van der Waals surface area contributed by atoms with Gasteiger partial charge in [0.2, 0.25) is 0 Å². The van der Waals surface area contributed by atoms with E-state index in [1.165, 1.54) is 12.1 Å². The number of hydrogen-bond acceptors (Lipinski definition) is 2. The molecule has 0 saturated heterocycles. The Kier molecular flexibility index (Phi) is 5.56. The lowest BCUT2D eigenvalue weighted by molar-refractivity contribution is 0.305. The van der Waals surface area contributed by atoms with Crippen LogP contribution >= 0.6 is 11.6 Å². The van der Waals surface area contributed by atoms with Gasteiger partial charge in [-0.25, -0.2) is 4.39 Å². The molecule has 25 heavy (non-hydrogen) atoms. The molecule has 4 heteroatoms. The van der Waals surface area contributed by atoms with Crippen LogP contribution in [-0.2, 0) is 13.2 Å². The molecule has 0 aliphatic heterocycles. The fourth-order valence-electron chi connectivity index (χ4n) is 2.52. The molecule has 0 bridgehead atoms. The maximum Gasteiger partial charge on any atom is 0.123 e. The van der Waals surface area contributed by atoms with Crippen molar-refractivity contribution in [3.63, 3.8) is 0 Å². The number of aryl methyl sites for hydroxylation is 1. The van der Waals surface area contributed by atoms with Gasteiger partial charge in [0, 0.05) is 17.3 Å². The number of anilines is 1. The molecule has 1 N–H and O–H groups in total. The predicted molar refractivity (Wildman–Crippen MR) is 101 cm³/mol. The first kappa shape index (κ1) is 17.3. The molecule has 0 aliphatic rings. The summed E-state index contributed by atoms with van der Waals surface area (Å²) in [5.41, 5.74) is 4.05. The topological polar surface area (TPSA) is 21.3 Å². The minimum atomic E-state index is -0.254. The van der Waals surface area contributed by atoms with Crippen LogP contribution in [0.15, 0.2) is 66.7 Å². The van der Waals surface area contributed by atoms with E-state index in [1.54, 1.807) is 6.07 Å². The van der Waals surface area contributed by atoms with Crippen LogP contribution in [0.2, 0.25) is 5.02 Å². The molecule has 0 heterocycles. The number of ether oxygens (including phenoxy) is 1. The van der Waals surface area contributed by atoms with Gasteiger partial charge in [-0.05, 0) is 60.0 Å². The third-order valence-corrected chi connectivity index (χ3v) is 4.11. The van der Waals surface area contributed by atoms with Gasteiger partial charge in [0.1, 0.15) is 18.2 Å². The summed E-state index contributed by atoms with van der Waals surface area (Å²) in [5.74, 6) is 0.502. The van der Waals surface area contributed by atoms with Crippen molar-refractivity contribution in [3.05, 3.63) is 94.3 Å². The molecule has 0 fully saturated rings. The van der Waals surface area contributed by atoms with Crippen molar-refractivity contribution in [1.29, 1.82) is 0 Å². The van der Waals surface area contributed by atoms with Crippen molar-refractivity contribution in [2.24, 2.45) is 0 Å². The van der Waals surface area contributed by atoms with Crippen LogP contribution < -0.4 is 10.1 Å². The van der Waals surface area contributed by atoms with Crippen LogP contribution in [0, 0.1) is 12.7 Å². The maximum atomic E-state index is 13.2. The van der Waals surface area contributed by atoms with Crippen molar-refractivity contribution in [2.45, 2.75) is 20.1 Å². The SMILES string of the molecule is Cc1ccc(Cl)cc1NCc1cccc(OCc2cccc(F)c2)c1. The Bertz CT molecular complexity index is 866. The Morgan fingerprint density at radius 2 is 1.76 bits per heavy atom. The Hall–Kier alpha value is -2.52. The highest BCUT2D eigenvalue weighted by molar-refractivity contribution is 6.30. The molecule has 0 aliphatic carbocycles. The van der Waals surface area contributed by atoms with E-state index in [-0.39, 0.29) is 5.82 Å². The normalized spacial score (nSPS) is 10.5. The molecule has 128 valence electrons. The third kappa shape index (κ3) is 4.97. The van der Waals surface area contributed by atoms with E-state index in [9.17, 15) is 4.39 Å². The van der Waals surface area contributed by atoms with Crippen molar-refractivity contribution in [1.82, 2.24) is 0 Å². The van der Waals surface area contributed by atoms with Gasteiger partial charge in [-0.3, -0.25) is 0 Å². The summed E-state index contributed by atoms with van der Waals surface area (Å²) >= 11 is 6.05. The summed E-state index contributed by atoms with van der Waals surface area (Å²) in [5, 5.41) is 4.10. The highest BCUT2D eigenvalue weighted by Gasteiger charge is 2.02. The first-order chi connectivity index (χ1) is 12.1. The molecule has 0 spiro atoms. The smallest absolute Gasteiger partial charge is 0.123 e. The fourth-order valence-corrected chi connectivity index (χ4v) is 2.69. The maximum absolute atomic E-state index is 13.2. The molecule has 2 nitrogen and oxygen atoms in total. The Labute approximate surface area is 152 Å². The highest BCUT2D eigenvalue weighted by Crippen LogP contribution is 2.22. The molecule has 3 rings (SSSR count). The van der Waals surface area contributed by atoms with E-state index in [1.807, 2.05) is 55.5 Å². The van der Waals surface area contributed by atoms with Crippen molar-refractivity contribution < 1.29 is 9.13 Å². The van der Waals surface area contributed by atoms with Gasteiger partial charge in [-0.2, -0.15) is 0 Å². The van der Waals surface area contributed by atoms with E-state index >= 15 is 0 Å².